The van der Waals surface area contributed by atoms with E-state index < -0.39 is 6.10 Å². The van der Waals surface area contributed by atoms with Crippen molar-refractivity contribution in [3.8, 4) is 0 Å². The number of methoxy groups -OCH3 is 1. The number of hydrogen-bond acceptors (Lipinski definition) is 5. The molecule has 0 radical (unpaired) electrons. The molecule has 1 aromatic heterocycles. The van der Waals surface area contributed by atoms with Gasteiger partial charge < -0.3 is 24.7 Å². The van der Waals surface area contributed by atoms with Crippen LogP contribution in [0.2, 0.25) is 0 Å². The summed E-state index contributed by atoms with van der Waals surface area (Å²) in [5.41, 5.74) is 0. The van der Waals surface area contributed by atoms with E-state index in [0.717, 1.165) is 0 Å². The Labute approximate surface area is 95.0 Å². The van der Waals surface area contributed by atoms with Gasteiger partial charge in [0, 0.05) is 26.3 Å². The molecule has 1 rings (SSSR count). The second-order valence-electron chi connectivity index (χ2n) is 3.60. The fraction of sp³-hybridized carbons (Fsp3) is 0.636. The molecule has 1 aromatic rings. The van der Waals surface area contributed by atoms with E-state index in [-0.39, 0.29) is 12.6 Å². The summed E-state index contributed by atoms with van der Waals surface area (Å²) in [5, 5.41) is 21.7. The Balaban J connectivity index is 2.30. The molecule has 0 spiro atoms. The Kier molecular flexibility index (Phi) is 6.10. The highest BCUT2D eigenvalue weighted by molar-refractivity contribution is 5.02. The number of aliphatic hydroxyl groups excluding tert-OH is 2. The molecular weight excluding hydrogens is 210 g/mol. The lowest BCUT2D eigenvalue weighted by atomic mass is 10.2. The molecule has 0 bridgehead atoms. The molecule has 2 unspecified atom stereocenters. The molecule has 16 heavy (non-hydrogen) atoms. The van der Waals surface area contributed by atoms with Crippen molar-refractivity contribution in [2.75, 3.05) is 26.9 Å². The van der Waals surface area contributed by atoms with Crippen LogP contribution in [-0.4, -0.2) is 43.1 Å². The van der Waals surface area contributed by atoms with Gasteiger partial charge in [0.25, 0.3) is 0 Å². The molecule has 0 aliphatic heterocycles. The van der Waals surface area contributed by atoms with Crippen molar-refractivity contribution < 1.29 is 19.4 Å². The quantitative estimate of drug-likeness (QED) is 0.598. The second-order valence-corrected chi connectivity index (χ2v) is 3.60. The summed E-state index contributed by atoms with van der Waals surface area (Å²) in [6.45, 7) is 0.977. The molecule has 5 nitrogen and oxygen atoms in total. The van der Waals surface area contributed by atoms with Crippen LogP contribution in [0.25, 0.3) is 0 Å². The molecule has 0 saturated heterocycles. The highest BCUT2D eigenvalue weighted by atomic mass is 16.5. The Morgan fingerprint density at radius 3 is 2.94 bits per heavy atom. The van der Waals surface area contributed by atoms with Gasteiger partial charge in [-0.25, -0.2) is 0 Å². The third-order valence-electron chi connectivity index (χ3n) is 2.32. The van der Waals surface area contributed by atoms with Crippen LogP contribution in [0.4, 0.5) is 0 Å². The number of hydrogen-bond donors (Lipinski definition) is 3. The molecule has 92 valence electrons. The molecule has 0 amide bonds. The van der Waals surface area contributed by atoms with Crippen LogP contribution in [0.15, 0.2) is 22.8 Å². The van der Waals surface area contributed by atoms with Gasteiger partial charge in [-0.2, -0.15) is 0 Å². The van der Waals surface area contributed by atoms with Gasteiger partial charge in [0.2, 0.25) is 0 Å². The summed E-state index contributed by atoms with van der Waals surface area (Å²) < 4.78 is 10.1. The summed E-state index contributed by atoms with van der Waals surface area (Å²) in [6.07, 6.45) is 1.45. The lowest BCUT2D eigenvalue weighted by Gasteiger charge is -2.18. The van der Waals surface area contributed by atoms with E-state index in [1.165, 1.54) is 6.26 Å². The van der Waals surface area contributed by atoms with Crippen molar-refractivity contribution >= 4 is 0 Å². The molecule has 1 heterocycles. The lowest BCUT2D eigenvalue weighted by molar-refractivity contribution is 0.116. The van der Waals surface area contributed by atoms with E-state index in [1.807, 2.05) is 0 Å². The largest absolute Gasteiger partial charge is 0.467 e. The summed E-state index contributed by atoms with van der Waals surface area (Å²) in [7, 11) is 1.61. The van der Waals surface area contributed by atoms with E-state index in [1.54, 1.807) is 19.2 Å². The number of nitrogens with one attached hydrogen (secondary N) is 1. The van der Waals surface area contributed by atoms with Crippen LogP contribution < -0.4 is 5.32 Å². The average Bonchev–Trinajstić information content (AvgIpc) is 2.79. The zero-order valence-corrected chi connectivity index (χ0v) is 9.43. The number of aliphatic hydroxyl groups is 2. The maximum Gasteiger partial charge on any atom is 0.133 e. The summed E-state index contributed by atoms with van der Waals surface area (Å²) in [4.78, 5) is 0. The van der Waals surface area contributed by atoms with Crippen LogP contribution in [0, 0.1) is 0 Å². The van der Waals surface area contributed by atoms with Gasteiger partial charge >= 0.3 is 0 Å². The maximum atomic E-state index is 9.74. The Bertz CT molecular complexity index is 257. The Morgan fingerprint density at radius 1 is 1.56 bits per heavy atom. The highest BCUT2D eigenvalue weighted by Crippen LogP contribution is 2.11. The molecule has 5 heteroatoms. The third kappa shape index (κ3) is 4.32. The van der Waals surface area contributed by atoms with E-state index in [9.17, 15) is 5.11 Å². The molecule has 2 atom stereocenters. The monoisotopic (exact) mass is 229 g/mol. The SMILES string of the molecule is COCC(CCO)NCC(O)c1ccco1. The van der Waals surface area contributed by atoms with Gasteiger partial charge in [-0.1, -0.05) is 0 Å². The molecule has 0 saturated carbocycles. The van der Waals surface area contributed by atoms with Crippen LogP contribution in [0.3, 0.4) is 0 Å². The minimum absolute atomic E-state index is 0.0413. The van der Waals surface area contributed by atoms with E-state index in [2.05, 4.69) is 5.32 Å². The number of furan rings is 1. The van der Waals surface area contributed by atoms with Gasteiger partial charge in [-0.05, 0) is 18.6 Å². The van der Waals surface area contributed by atoms with Crippen molar-refractivity contribution in [1.29, 1.82) is 0 Å². The standard InChI is InChI=1S/C11H19NO4/c1-15-8-9(4-5-13)12-7-10(14)11-3-2-6-16-11/h2-3,6,9-10,12-14H,4-5,7-8H2,1H3. The topological polar surface area (TPSA) is 74.9 Å². The third-order valence-corrected chi connectivity index (χ3v) is 2.32. The normalized spacial score (nSPS) is 14.9. The number of rotatable bonds is 8. The average molecular weight is 229 g/mol. The molecule has 3 N–H and O–H groups in total. The van der Waals surface area contributed by atoms with Gasteiger partial charge in [0.05, 0.1) is 12.9 Å². The summed E-state index contributed by atoms with van der Waals surface area (Å²) >= 11 is 0. The first-order chi connectivity index (χ1) is 7.77. The van der Waals surface area contributed by atoms with E-state index >= 15 is 0 Å². The first-order valence-corrected chi connectivity index (χ1v) is 5.32. The minimum atomic E-state index is -0.673. The van der Waals surface area contributed by atoms with Crippen molar-refractivity contribution in [2.24, 2.45) is 0 Å². The first kappa shape index (κ1) is 13.2. The van der Waals surface area contributed by atoms with Gasteiger partial charge in [-0.15, -0.1) is 0 Å². The zero-order valence-electron chi connectivity index (χ0n) is 9.43. The molecule has 0 aliphatic rings. The maximum absolute atomic E-state index is 9.74. The summed E-state index contributed by atoms with van der Waals surface area (Å²) in [6, 6.07) is 3.50. The fourth-order valence-corrected chi connectivity index (χ4v) is 1.46. The number of ether oxygens (including phenoxy) is 1. The van der Waals surface area contributed by atoms with Crippen molar-refractivity contribution in [3.63, 3.8) is 0 Å². The molecule has 0 aliphatic carbocycles. The summed E-state index contributed by atoms with van der Waals surface area (Å²) in [5.74, 6) is 0.535. The van der Waals surface area contributed by atoms with Crippen LogP contribution >= 0.6 is 0 Å². The van der Waals surface area contributed by atoms with Crippen molar-refractivity contribution in [1.82, 2.24) is 5.32 Å². The van der Waals surface area contributed by atoms with E-state index in [0.29, 0.717) is 25.3 Å². The predicted molar refractivity (Wildman–Crippen MR) is 59.0 cm³/mol. The van der Waals surface area contributed by atoms with Gasteiger partial charge in [0.15, 0.2) is 0 Å². The molecular formula is C11H19NO4. The predicted octanol–water partition coefficient (Wildman–Crippen LogP) is 0.300. The van der Waals surface area contributed by atoms with Crippen LogP contribution in [0.1, 0.15) is 18.3 Å². The zero-order chi connectivity index (χ0) is 11.8. The van der Waals surface area contributed by atoms with Gasteiger partial charge in [0.1, 0.15) is 11.9 Å². The van der Waals surface area contributed by atoms with Crippen LogP contribution in [-0.2, 0) is 4.74 Å². The fourth-order valence-electron chi connectivity index (χ4n) is 1.46. The Hall–Kier alpha value is -0.880. The molecule has 0 aromatic carbocycles. The molecule has 0 fully saturated rings. The highest BCUT2D eigenvalue weighted by Gasteiger charge is 2.13. The second kappa shape index (κ2) is 7.40. The van der Waals surface area contributed by atoms with Gasteiger partial charge in [-0.3, -0.25) is 0 Å². The van der Waals surface area contributed by atoms with E-state index in [4.69, 9.17) is 14.3 Å². The van der Waals surface area contributed by atoms with Crippen molar-refractivity contribution in [2.45, 2.75) is 18.6 Å². The van der Waals surface area contributed by atoms with Crippen LogP contribution in [0.5, 0.6) is 0 Å². The minimum Gasteiger partial charge on any atom is -0.467 e. The van der Waals surface area contributed by atoms with Crippen molar-refractivity contribution in [3.05, 3.63) is 24.2 Å². The lowest BCUT2D eigenvalue weighted by Crippen LogP contribution is -2.36. The first-order valence-electron chi connectivity index (χ1n) is 5.32. The Morgan fingerprint density at radius 2 is 2.38 bits per heavy atom. The smallest absolute Gasteiger partial charge is 0.133 e.